The lowest BCUT2D eigenvalue weighted by Crippen LogP contribution is -2.36. The number of rotatable bonds is 8. The van der Waals surface area contributed by atoms with E-state index in [0.29, 0.717) is 21.5 Å². The molecule has 37 heavy (non-hydrogen) atoms. The summed E-state index contributed by atoms with van der Waals surface area (Å²) in [7, 11) is 0. The van der Waals surface area contributed by atoms with Gasteiger partial charge in [0.15, 0.2) is 6.61 Å². The summed E-state index contributed by atoms with van der Waals surface area (Å²) < 4.78 is 6.24. The van der Waals surface area contributed by atoms with Crippen LogP contribution in [0.25, 0.3) is 6.08 Å². The molecule has 0 radical (unpaired) electrons. The topological polar surface area (TPSA) is 105 Å². The van der Waals surface area contributed by atoms with Crippen LogP contribution in [0.4, 0.5) is 16.2 Å². The van der Waals surface area contributed by atoms with Gasteiger partial charge in [0, 0.05) is 10.2 Å². The molecule has 1 heterocycles. The first kappa shape index (κ1) is 26.2. The summed E-state index contributed by atoms with van der Waals surface area (Å²) in [4.78, 5) is 50.8. The zero-order valence-electron chi connectivity index (χ0n) is 19.7. The molecule has 4 amide bonds. The average Bonchev–Trinajstić information content (AvgIpc) is 3.13. The fourth-order valence-electron chi connectivity index (χ4n) is 3.39. The Bertz CT molecular complexity index is 1390. The molecular formula is C27H22BrN3O5S. The van der Waals surface area contributed by atoms with Crippen LogP contribution in [0.1, 0.15) is 11.1 Å². The second kappa shape index (κ2) is 11.9. The third-order valence-corrected chi connectivity index (χ3v) is 6.89. The molecule has 1 fully saturated rings. The fraction of sp³-hybridized carbons (Fsp3) is 0.111. The van der Waals surface area contributed by atoms with Crippen LogP contribution in [0, 0.1) is 6.92 Å². The van der Waals surface area contributed by atoms with Crippen LogP contribution < -0.4 is 15.4 Å². The minimum Gasteiger partial charge on any atom is -0.484 e. The van der Waals surface area contributed by atoms with Crippen LogP contribution in [0.15, 0.2) is 82.2 Å². The molecule has 188 valence electrons. The Kier molecular flexibility index (Phi) is 8.42. The number of anilines is 2. The number of thioether (sulfide) groups is 1. The normalized spacial score (nSPS) is 14.1. The van der Waals surface area contributed by atoms with Crippen molar-refractivity contribution in [2.45, 2.75) is 6.92 Å². The zero-order valence-corrected chi connectivity index (χ0v) is 22.1. The first-order chi connectivity index (χ1) is 17.8. The summed E-state index contributed by atoms with van der Waals surface area (Å²) in [5.41, 5.74) is 2.89. The first-order valence-electron chi connectivity index (χ1n) is 11.2. The first-order valence-corrected chi connectivity index (χ1v) is 12.8. The van der Waals surface area contributed by atoms with Gasteiger partial charge in [0.2, 0.25) is 5.91 Å². The maximum absolute atomic E-state index is 12.8. The van der Waals surface area contributed by atoms with Crippen molar-refractivity contribution in [3.63, 3.8) is 0 Å². The molecular weight excluding hydrogens is 558 g/mol. The van der Waals surface area contributed by atoms with E-state index in [1.165, 1.54) is 0 Å². The molecule has 0 saturated carbocycles. The SMILES string of the molecule is Cc1ccccc1NC(=O)COc1ccc(/C=C2\SC(=O)N(CC(=O)Nc3ccccc3Br)C2=O)cc1. The number of nitrogens with one attached hydrogen (secondary N) is 2. The predicted molar refractivity (Wildman–Crippen MR) is 147 cm³/mol. The molecule has 0 atom stereocenters. The molecule has 0 aliphatic carbocycles. The van der Waals surface area contributed by atoms with Gasteiger partial charge in [0.05, 0.1) is 10.6 Å². The number of hydrogen-bond acceptors (Lipinski definition) is 6. The molecule has 0 unspecified atom stereocenters. The van der Waals surface area contributed by atoms with Gasteiger partial charge in [-0.15, -0.1) is 0 Å². The molecule has 2 N–H and O–H groups in total. The summed E-state index contributed by atoms with van der Waals surface area (Å²) >= 11 is 4.11. The number of para-hydroxylation sites is 2. The van der Waals surface area contributed by atoms with E-state index in [0.717, 1.165) is 27.9 Å². The highest BCUT2D eigenvalue weighted by molar-refractivity contribution is 9.10. The van der Waals surface area contributed by atoms with Crippen molar-refractivity contribution in [2.75, 3.05) is 23.8 Å². The molecule has 0 aromatic heterocycles. The molecule has 4 rings (SSSR count). The predicted octanol–water partition coefficient (Wildman–Crippen LogP) is 5.45. The summed E-state index contributed by atoms with van der Waals surface area (Å²) in [5.74, 6) is -0.821. The Morgan fingerprint density at radius 2 is 1.57 bits per heavy atom. The number of carbonyl (C=O) groups is 4. The molecule has 1 aliphatic rings. The van der Waals surface area contributed by atoms with Crippen molar-refractivity contribution in [3.8, 4) is 5.75 Å². The lowest BCUT2D eigenvalue weighted by molar-refractivity contribution is -0.127. The third kappa shape index (κ3) is 6.87. The molecule has 8 nitrogen and oxygen atoms in total. The highest BCUT2D eigenvalue weighted by Crippen LogP contribution is 2.32. The van der Waals surface area contributed by atoms with Crippen LogP contribution in [0.2, 0.25) is 0 Å². The molecule has 3 aromatic carbocycles. The molecule has 3 aromatic rings. The van der Waals surface area contributed by atoms with Crippen molar-refractivity contribution in [2.24, 2.45) is 0 Å². The Morgan fingerprint density at radius 1 is 0.919 bits per heavy atom. The van der Waals surface area contributed by atoms with Gasteiger partial charge in [-0.2, -0.15) is 0 Å². The number of amides is 4. The Balaban J connectivity index is 1.32. The lowest BCUT2D eigenvalue weighted by atomic mass is 10.2. The van der Waals surface area contributed by atoms with E-state index in [2.05, 4.69) is 26.6 Å². The largest absolute Gasteiger partial charge is 0.484 e. The number of benzene rings is 3. The summed E-state index contributed by atoms with van der Waals surface area (Å²) in [6, 6.07) is 21.3. The van der Waals surface area contributed by atoms with Crippen LogP contribution >= 0.6 is 27.7 Å². The third-order valence-electron chi connectivity index (χ3n) is 5.29. The Labute approximate surface area is 226 Å². The van der Waals surface area contributed by atoms with Crippen molar-refractivity contribution in [1.82, 2.24) is 4.90 Å². The smallest absolute Gasteiger partial charge is 0.294 e. The number of hydrogen-bond donors (Lipinski definition) is 2. The number of imide groups is 1. The van der Waals surface area contributed by atoms with Gasteiger partial charge < -0.3 is 15.4 Å². The van der Waals surface area contributed by atoms with E-state index < -0.39 is 17.1 Å². The second-order valence-electron chi connectivity index (χ2n) is 8.02. The van der Waals surface area contributed by atoms with Crippen molar-refractivity contribution in [3.05, 3.63) is 93.3 Å². The van der Waals surface area contributed by atoms with E-state index in [1.54, 1.807) is 48.5 Å². The van der Waals surface area contributed by atoms with Crippen LogP contribution in [-0.2, 0) is 14.4 Å². The van der Waals surface area contributed by atoms with E-state index in [-0.39, 0.29) is 24.0 Å². The number of halogens is 1. The van der Waals surface area contributed by atoms with E-state index >= 15 is 0 Å². The van der Waals surface area contributed by atoms with E-state index in [4.69, 9.17) is 4.74 Å². The van der Waals surface area contributed by atoms with Gasteiger partial charge in [-0.3, -0.25) is 24.1 Å². The molecule has 1 saturated heterocycles. The van der Waals surface area contributed by atoms with Crippen LogP contribution in [0.5, 0.6) is 5.75 Å². The van der Waals surface area contributed by atoms with E-state index in [1.807, 2.05) is 37.3 Å². The molecule has 10 heteroatoms. The second-order valence-corrected chi connectivity index (χ2v) is 9.86. The van der Waals surface area contributed by atoms with Gasteiger partial charge in [-0.1, -0.05) is 42.5 Å². The van der Waals surface area contributed by atoms with Crippen molar-refractivity contribution in [1.29, 1.82) is 0 Å². The van der Waals surface area contributed by atoms with Crippen LogP contribution in [-0.4, -0.2) is 41.0 Å². The Morgan fingerprint density at radius 3 is 2.27 bits per heavy atom. The summed E-state index contributed by atoms with van der Waals surface area (Å²) in [5, 5.41) is 4.97. The monoisotopic (exact) mass is 579 g/mol. The maximum Gasteiger partial charge on any atom is 0.294 e. The molecule has 0 spiro atoms. The van der Waals surface area contributed by atoms with Gasteiger partial charge in [-0.05, 0) is 82.2 Å². The minimum absolute atomic E-state index is 0.159. The van der Waals surface area contributed by atoms with Crippen molar-refractivity contribution >= 4 is 68.1 Å². The van der Waals surface area contributed by atoms with Crippen LogP contribution in [0.3, 0.4) is 0 Å². The number of carbonyl (C=O) groups excluding carboxylic acids is 4. The fourth-order valence-corrected chi connectivity index (χ4v) is 4.61. The maximum atomic E-state index is 12.8. The average molecular weight is 580 g/mol. The number of ether oxygens (including phenoxy) is 1. The summed E-state index contributed by atoms with van der Waals surface area (Å²) in [6.45, 7) is 1.36. The van der Waals surface area contributed by atoms with Crippen molar-refractivity contribution < 1.29 is 23.9 Å². The van der Waals surface area contributed by atoms with Gasteiger partial charge in [0.25, 0.3) is 17.1 Å². The number of aryl methyl sites for hydroxylation is 1. The Hall–Kier alpha value is -3.89. The van der Waals surface area contributed by atoms with Gasteiger partial charge in [-0.25, -0.2) is 0 Å². The molecule has 0 bridgehead atoms. The highest BCUT2D eigenvalue weighted by atomic mass is 79.9. The quantitative estimate of drug-likeness (QED) is 0.344. The van der Waals surface area contributed by atoms with Gasteiger partial charge in [0.1, 0.15) is 12.3 Å². The lowest BCUT2D eigenvalue weighted by Gasteiger charge is -2.13. The van der Waals surface area contributed by atoms with E-state index in [9.17, 15) is 19.2 Å². The molecule has 1 aliphatic heterocycles. The standard InChI is InChI=1S/C27H22BrN3O5S/c1-17-6-2-4-8-21(17)29-25(33)16-36-19-12-10-18(11-13-19)14-23-26(34)31(27(35)37-23)15-24(32)30-22-9-5-3-7-20(22)28/h2-14H,15-16H2,1H3,(H,29,33)(H,30,32)/b23-14-. The minimum atomic E-state index is -0.537. The summed E-state index contributed by atoms with van der Waals surface area (Å²) in [6.07, 6.45) is 1.57. The highest BCUT2D eigenvalue weighted by Gasteiger charge is 2.36. The van der Waals surface area contributed by atoms with Gasteiger partial charge >= 0.3 is 0 Å². The zero-order chi connectivity index (χ0) is 26.4. The number of nitrogens with zero attached hydrogens (tertiary/aromatic N) is 1.